The third-order valence-corrected chi connectivity index (χ3v) is 3.56. The lowest BCUT2D eigenvalue weighted by molar-refractivity contribution is 0.103. The van der Waals surface area contributed by atoms with Crippen LogP contribution < -0.4 is 11.5 Å². The van der Waals surface area contributed by atoms with Crippen molar-refractivity contribution in [1.29, 1.82) is 0 Å². The molecule has 2 aromatic carbocycles. The van der Waals surface area contributed by atoms with Gasteiger partial charge < -0.3 is 10.2 Å². The Morgan fingerprint density at radius 1 is 1.19 bits per heavy atom. The van der Waals surface area contributed by atoms with Gasteiger partial charge in [0, 0.05) is 23.9 Å². The first-order chi connectivity index (χ1) is 9.97. The molecule has 0 saturated heterocycles. The number of nitrogen functional groups attached to an aromatic ring is 1. The Kier molecular flexibility index (Phi) is 2.90. The molecule has 0 fully saturated rings. The van der Waals surface area contributed by atoms with Gasteiger partial charge in [-0.1, -0.05) is 6.07 Å². The van der Waals surface area contributed by atoms with Crippen LogP contribution in [0.3, 0.4) is 0 Å². The fraction of sp³-hybridized carbons (Fsp3) is 0.125. The Morgan fingerprint density at radius 2 is 1.95 bits per heavy atom. The number of anilines is 1. The molecule has 5 nitrogen and oxygen atoms in total. The predicted octanol–water partition coefficient (Wildman–Crippen LogP) is 2.25. The van der Waals surface area contributed by atoms with Crippen LogP contribution in [0.25, 0.3) is 11.1 Å². The number of benzene rings is 2. The van der Waals surface area contributed by atoms with Crippen LogP contribution in [0, 0.1) is 6.92 Å². The van der Waals surface area contributed by atoms with E-state index < -0.39 is 5.76 Å². The van der Waals surface area contributed by atoms with E-state index in [4.69, 9.17) is 10.2 Å². The molecule has 5 heteroatoms. The number of oxazole rings is 1. The zero-order valence-electron chi connectivity index (χ0n) is 11.7. The fourth-order valence-corrected chi connectivity index (χ4v) is 2.31. The van der Waals surface area contributed by atoms with Crippen LogP contribution in [-0.4, -0.2) is 10.4 Å². The van der Waals surface area contributed by atoms with Gasteiger partial charge >= 0.3 is 5.76 Å². The summed E-state index contributed by atoms with van der Waals surface area (Å²) in [5.41, 5.74) is 9.19. The number of carbonyl (C=O) groups is 1. The summed E-state index contributed by atoms with van der Waals surface area (Å²) in [4.78, 5) is 24.1. The molecule has 2 N–H and O–H groups in total. The summed E-state index contributed by atoms with van der Waals surface area (Å²) >= 11 is 0. The van der Waals surface area contributed by atoms with Crippen molar-refractivity contribution in [2.24, 2.45) is 7.05 Å². The topological polar surface area (TPSA) is 78.2 Å². The highest BCUT2D eigenvalue weighted by atomic mass is 16.4. The molecule has 3 aromatic rings. The van der Waals surface area contributed by atoms with Gasteiger partial charge in [0.1, 0.15) is 0 Å². The molecular formula is C16H14N2O3. The molecule has 0 bridgehead atoms. The maximum Gasteiger partial charge on any atom is 0.419 e. The van der Waals surface area contributed by atoms with Crippen LogP contribution in [0.4, 0.5) is 5.69 Å². The van der Waals surface area contributed by atoms with Crippen molar-refractivity contribution in [1.82, 2.24) is 4.57 Å². The second-order valence-corrected chi connectivity index (χ2v) is 5.01. The first-order valence-corrected chi connectivity index (χ1v) is 6.48. The number of fused-ring (bicyclic) bond motifs is 1. The number of rotatable bonds is 2. The van der Waals surface area contributed by atoms with Gasteiger partial charge in [-0.2, -0.15) is 0 Å². The summed E-state index contributed by atoms with van der Waals surface area (Å²) in [5.74, 6) is -0.595. The van der Waals surface area contributed by atoms with E-state index in [1.165, 1.54) is 4.57 Å². The Bertz CT molecular complexity index is 919. The maximum absolute atomic E-state index is 12.6. The summed E-state index contributed by atoms with van der Waals surface area (Å²) in [5, 5.41) is 0. The number of ketones is 1. The van der Waals surface area contributed by atoms with Crippen LogP contribution in [0.2, 0.25) is 0 Å². The fourth-order valence-electron chi connectivity index (χ4n) is 2.31. The molecule has 106 valence electrons. The minimum atomic E-state index is -0.449. The summed E-state index contributed by atoms with van der Waals surface area (Å²) in [7, 11) is 1.62. The smallest absolute Gasteiger partial charge is 0.408 e. The SMILES string of the molecule is Cc1ccc(N)cc1C(=O)c1ccc2c(c1)oc(=O)n2C. The predicted molar refractivity (Wildman–Crippen MR) is 80.5 cm³/mol. The van der Waals surface area contributed by atoms with Gasteiger partial charge in [0.25, 0.3) is 0 Å². The van der Waals surface area contributed by atoms with Crippen molar-refractivity contribution in [3.05, 3.63) is 63.6 Å². The summed E-state index contributed by atoms with van der Waals surface area (Å²) in [6, 6.07) is 10.2. The number of hydrogen-bond acceptors (Lipinski definition) is 4. The summed E-state index contributed by atoms with van der Waals surface area (Å²) < 4.78 is 6.51. The monoisotopic (exact) mass is 282 g/mol. The molecule has 0 unspecified atom stereocenters. The second kappa shape index (κ2) is 4.63. The Labute approximate surface area is 120 Å². The van der Waals surface area contributed by atoms with Crippen LogP contribution in [0.5, 0.6) is 0 Å². The lowest BCUT2D eigenvalue weighted by Crippen LogP contribution is -2.08. The summed E-state index contributed by atoms with van der Waals surface area (Å²) in [6.07, 6.45) is 0. The van der Waals surface area contributed by atoms with Crippen LogP contribution in [0.15, 0.2) is 45.6 Å². The Morgan fingerprint density at radius 3 is 2.71 bits per heavy atom. The lowest BCUT2D eigenvalue weighted by atomic mass is 9.98. The zero-order chi connectivity index (χ0) is 15.1. The molecular weight excluding hydrogens is 268 g/mol. The Balaban J connectivity index is 2.13. The zero-order valence-corrected chi connectivity index (χ0v) is 11.7. The first kappa shape index (κ1) is 13.2. The number of aryl methyl sites for hydroxylation is 2. The van der Waals surface area contributed by atoms with Crippen molar-refractivity contribution in [3.63, 3.8) is 0 Å². The van der Waals surface area contributed by atoms with E-state index in [1.807, 2.05) is 13.0 Å². The van der Waals surface area contributed by atoms with Crippen LogP contribution >= 0.6 is 0 Å². The number of aromatic nitrogens is 1. The highest BCUT2D eigenvalue weighted by Gasteiger charge is 2.15. The minimum absolute atomic E-state index is 0.145. The molecule has 0 aliphatic carbocycles. The van der Waals surface area contributed by atoms with Gasteiger partial charge in [0.2, 0.25) is 0 Å². The van der Waals surface area contributed by atoms with Crippen molar-refractivity contribution in [2.45, 2.75) is 6.92 Å². The summed E-state index contributed by atoms with van der Waals surface area (Å²) in [6.45, 7) is 1.86. The lowest BCUT2D eigenvalue weighted by Gasteiger charge is -2.06. The van der Waals surface area contributed by atoms with Gasteiger partial charge in [0.05, 0.1) is 5.52 Å². The largest absolute Gasteiger partial charge is 0.419 e. The maximum atomic E-state index is 12.6. The van der Waals surface area contributed by atoms with Gasteiger partial charge in [-0.05, 0) is 42.8 Å². The van der Waals surface area contributed by atoms with Crippen molar-refractivity contribution < 1.29 is 9.21 Å². The molecule has 0 saturated carbocycles. The standard InChI is InChI=1S/C16H14N2O3/c1-9-3-5-11(17)8-12(9)15(19)10-4-6-13-14(7-10)21-16(20)18(13)2/h3-8H,17H2,1-2H3. The number of carbonyl (C=O) groups excluding carboxylic acids is 1. The molecule has 0 amide bonds. The Hall–Kier alpha value is -2.82. The molecule has 1 heterocycles. The van der Waals surface area contributed by atoms with E-state index in [1.54, 1.807) is 37.4 Å². The molecule has 0 radical (unpaired) electrons. The van der Waals surface area contributed by atoms with E-state index >= 15 is 0 Å². The quantitative estimate of drug-likeness (QED) is 0.577. The molecule has 3 rings (SSSR count). The third-order valence-electron chi connectivity index (χ3n) is 3.56. The van der Waals surface area contributed by atoms with E-state index in [9.17, 15) is 9.59 Å². The first-order valence-electron chi connectivity index (χ1n) is 6.48. The molecule has 0 spiro atoms. The van der Waals surface area contributed by atoms with Crippen LogP contribution in [-0.2, 0) is 7.05 Å². The third kappa shape index (κ3) is 2.12. The van der Waals surface area contributed by atoms with Gasteiger partial charge in [-0.3, -0.25) is 9.36 Å². The van der Waals surface area contributed by atoms with Crippen LogP contribution in [0.1, 0.15) is 21.5 Å². The number of hydrogen-bond donors (Lipinski definition) is 1. The highest BCUT2D eigenvalue weighted by molar-refractivity contribution is 6.11. The van der Waals surface area contributed by atoms with Crippen molar-refractivity contribution in [2.75, 3.05) is 5.73 Å². The molecule has 0 aliphatic rings. The number of nitrogens with two attached hydrogens (primary N) is 1. The molecule has 1 aromatic heterocycles. The van der Waals surface area contributed by atoms with Gasteiger partial charge in [-0.15, -0.1) is 0 Å². The highest BCUT2D eigenvalue weighted by Crippen LogP contribution is 2.20. The van der Waals surface area contributed by atoms with E-state index in [-0.39, 0.29) is 5.78 Å². The average molecular weight is 282 g/mol. The molecule has 0 aliphatic heterocycles. The van der Waals surface area contributed by atoms with Crippen molar-refractivity contribution >= 4 is 22.6 Å². The molecule has 21 heavy (non-hydrogen) atoms. The van der Waals surface area contributed by atoms with Crippen molar-refractivity contribution in [3.8, 4) is 0 Å². The second-order valence-electron chi connectivity index (χ2n) is 5.01. The average Bonchev–Trinajstić information content (AvgIpc) is 2.75. The molecule has 0 atom stereocenters. The minimum Gasteiger partial charge on any atom is -0.408 e. The number of nitrogens with zero attached hydrogens (tertiary/aromatic N) is 1. The van der Waals surface area contributed by atoms with Gasteiger partial charge in [0.15, 0.2) is 11.4 Å². The van der Waals surface area contributed by atoms with E-state index in [2.05, 4.69) is 0 Å². The van der Waals surface area contributed by atoms with E-state index in [0.29, 0.717) is 27.9 Å². The normalized spacial score (nSPS) is 11.0. The van der Waals surface area contributed by atoms with Gasteiger partial charge in [-0.25, -0.2) is 4.79 Å². The van der Waals surface area contributed by atoms with E-state index in [0.717, 1.165) is 5.56 Å².